The largest absolute Gasteiger partial charge is 0.450 e. The van der Waals surface area contributed by atoms with Gasteiger partial charge in [-0.05, 0) is 23.3 Å². The zero-order valence-electron chi connectivity index (χ0n) is 11.5. The fraction of sp³-hybridized carbons (Fsp3) is 0.235. The summed E-state index contributed by atoms with van der Waals surface area (Å²) >= 11 is 0. The number of rotatable bonds is 2. The molecule has 0 aliphatic carbocycles. The average Bonchev–Trinajstić information content (AvgIpc) is 2.96. The van der Waals surface area contributed by atoms with Gasteiger partial charge in [0.25, 0.3) is 0 Å². The molecule has 102 valence electrons. The van der Waals surface area contributed by atoms with E-state index in [0.717, 1.165) is 5.56 Å². The summed E-state index contributed by atoms with van der Waals surface area (Å²) in [5.74, 6) is 0. The van der Waals surface area contributed by atoms with Gasteiger partial charge in [0.1, 0.15) is 0 Å². The summed E-state index contributed by atoms with van der Waals surface area (Å²) in [7, 11) is 0. The summed E-state index contributed by atoms with van der Waals surface area (Å²) in [5, 5.41) is 2.37. The minimum absolute atomic E-state index is 0.0415. The smallest absolute Gasteiger partial charge is 0.410 e. The van der Waals surface area contributed by atoms with Crippen LogP contribution in [-0.4, -0.2) is 24.1 Å². The number of hydrogen-bond acceptors (Lipinski definition) is 2. The SMILES string of the molecule is CCOC(=O)N1CC=C[C@H]1c1cccc2ccccc12. The molecular formula is C17H17NO2. The average molecular weight is 267 g/mol. The van der Waals surface area contributed by atoms with Crippen molar-refractivity contribution in [3.05, 3.63) is 60.2 Å². The number of fused-ring (bicyclic) bond motifs is 1. The zero-order chi connectivity index (χ0) is 13.9. The lowest BCUT2D eigenvalue weighted by molar-refractivity contribution is 0.106. The fourth-order valence-corrected chi connectivity index (χ4v) is 2.70. The molecule has 1 aliphatic heterocycles. The maximum Gasteiger partial charge on any atom is 0.410 e. The molecular weight excluding hydrogens is 250 g/mol. The third-order valence-electron chi connectivity index (χ3n) is 3.60. The second-order valence-electron chi connectivity index (χ2n) is 4.79. The van der Waals surface area contributed by atoms with Gasteiger partial charge in [-0.2, -0.15) is 0 Å². The number of carbonyl (C=O) groups excluding carboxylic acids is 1. The summed E-state index contributed by atoms with van der Waals surface area (Å²) in [6.07, 6.45) is 3.83. The topological polar surface area (TPSA) is 29.5 Å². The van der Waals surface area contributed by atoms with E-state index in [1.165, 1.54) is 10.8 Å². The van der Waals surface area contributed by atoms with Crippen LogP contribution in [0.5, 0.6) is 0 Å². The molecule has 0 bridgehead atoms. The summed E-state index contributed by atoms with van der Waals surface area (Å²) < 4.78 is 5.14. The summed E-state index contributed by atoms with van der Waals surface area (Å²) in [6, 6.07) is 14.4. The number of hydrogen-bond donors (Lipinski definition) is 0. The van der Waals surface area contributed by atoms with Crippen LogP contribution >= 0.6 is 0 Å². The predicted molar refractivity (Wildman–Crippen MR) is 79.6 cm³/mol. The standard InChI is InChI=1S/C17H17NO2/c1-2-20-17(19)18-12-6-11-16(18)15-10-5-8-13-7-3-4-9-14(13)15/h3-11,16H,2,12H2,1H3/t16-/m0/s1. The van der Waals surface area contributed by atoms with Crippen molar-refractivity contribution >= 4 is 16.9 Å². The minimum atomic E-state index is -0.254. The minimum Gasteiger partial charge on any atom is -0.450 e. The lowest BCUT2D eigenvalue weighted by Crippen LogP contribution is -2.31. The Morgan fingerprint density at radius 2 is 2.05 bits per heavy atom. The van der Waals surface area contributed by atoms with Gasteiger partial charge in [-0.1, -0.05) is 54.6 Å². The first-order valence-corrected chi connectivity index (χ1v) is 6.89. The number of ether oxygens (including phenoxy) is 1. The molecule has 0 fully saturated rings. The molecule has 20 heavy (non-hydrogen) atoms. The second-order valence-corrected chi connectivity index (χ2v) is 4.79. The molecule has 3 heteroatoms. The Morgan fingerprint density at radius 1 is 1.25 bits per heavy atom. The quantitative estimate of drug-likeness (QED) is 0.772. The molecule has 1 amide bonds. The van der Waals surface area contributed by atoms with Gasteiger partial charge < -0.3 is 4.74 Å². The number of benzene rings is 2. The van der Waals surface area contributed by atoms with Gasteiger partial charge in [-0.25, -0.2) is 4.79 Å². The van der Waals surface area contributed by atoms with Crippen molar-refractivity contribution in [2.24, 2.45) is 0 Å². The van der Waals surface area contributed by atoms with Crippen LogP contribution in [0.3, 0.4) is 0 Å². The van der Waals surface area contributed by atoms with Crippen molar-refractivity contribution in [3.63, 3.8) is 0 Å². The van der Waals surface area contributed by atoms with Crippen LogP contribution in [0.15, 0.2) is 54.6 Å². The molecule has 1 atom stereocenters. The van der Waals surface area contributed by atoms with Crippen molar-refractivity contribution < 1.29 is 9.53 Å². The van der Waals surface area contributed by atoms with Crippen LogP contribution in [0.2, 0.25) is 0 Å². The second kappa shape index (κ2) is 5.37. The molecule has 0 saturated heterocycles. The highest BCUT2D eigenvalue weighted by Crippen LogP contribution is 2.32. The van der Waals surface area contributed by atoms with Gasteiger partial charge in [-0.3, -0.25) is 4.90 Å². The van der Waals surface area contributed by atoms with E-state index in [1.54, 1.807) is 4.90 Å². The maximum atomic E-state index is 12.0. The fourth-order valence-electron chi connectivity index (χ4n) is 2.70. The third-order valence-corrected chi connectivity index (χ3v) is 3.60. The Bertz CT molecular complexity index is 658. The van der Waals surface area contributed by atoms with Gasteiger partial charge in [0.05, 0.1) is 12.6 Å². The number of carbonyl (C=O) groups is 1. The summed E-state index contributed by atoms with van der Waals surface area (Å²) in [4.78, 5) is 13.8. The number of nitrogens with zero attached hydrogens (tertiary/aromatic N) is 1. The molecule has 2 aromatic carbocycles. The molecule has 3 rings (SSSR count). The molecule has 1 heterocycles. The highest BCUT2D eigenvalue weighted by Gasteiger charge is 2.27. The van der Waals surface area contributed by atoms with E-state index in [-0.39, 0.29) is 12.1 Å². The first-order chi connectivity index (χ1) is 9.81. The highest BCUT2D eigenvalue weighted by atomic mass is 16.6. The molecule has 0 aromatic heterocycles. The molecule has 0 radical (unpaired) electrons. The van der Waals surface area contributed by atoms with E-state index >= 15 is 0 Å². The van der Waals surface area contributed by atoms with Crippen LogP contribution in [0.1, 0.15) is 18.5 Å². The van der Waals surface area contributed by atoms with Crippen molar-refractivity contribution in [2.45, 2.75) is 13.0 Å². The number of amides is 1. The molecule has 2 aromatic rings. The van der Waals surface area contributed by atoms with Crippen LogP contribution in [0.25, 0.3) is 10.8 Å². The Balaban J connectivity index is 2.01. The van der Waals surface area contributed by atoms with Gasteiger partial charge >= 0.3 is 6.09 Å². The first-order valence-electron chi connectivity index (χ1n) is 6.89. The van der Waals surface area contributed by atoms with Gasteiger partial charge in [0.15, 0.2) is 0 Å². The monoisotopic (exact) mass is 267 g/mol. The third kappa shape index (κ3) is 2.16. The molecule has 0 unspecified atom stereocenters. The van der Waals surface area contributed by atoms with Crippen molar-refractivity contribution in [1.82, 2.24) is 4.90 Å². The van der Waals surface area contributed by atoms with Crippen LogP contribution in [0, 0.1) is 0 Å². The van der Waals surface area contributed by atoms with Crippen molar-refractivity contribution in [3.8, 4) is 0 Å². The lowest BCUT2D eigenvalue weighted by Gasteiger charge is -2.25. The van der Waals surface area contributed by atoms with Gasteiger partial charge in [0.2, 0.25) is 0 Å². The van der Waals surface area contributed by atoms with E-state index < -0.39 is 0 Å². The zero-order valence-corrected chi connectivity index (χ0v) is 11.5. The highest BCUT2D eigenvalue weighted by molar-refractivity contribution is 5.87. The van der Waals surface area contributed by atoms with E-state index in [4.69, 9.17) is 4.74 Å². The molecule has 0 N–H and O–H groups in total. The molecule has 3 nitrogen and oxygen atoms in total. The van der Waals surface area contributed by atoms with E-state index in [9.17, 15) is 4.79 Å². The Morgan fingerprint density at radius 3 is 2.90 bits per heavy atom. The lowest BCUT2D eigenvalue weighted by atomic mass is 9.99. The molecule has 1 aliphatic rings. The van der Waals surface area contributed by atoms with Gasteiger partial charge in [-0.15, -0.1) is 0 Å². The van der Waals surface area contributed by atoms with E-state index in [1.807, 2.05) is 31.2 Å². The van der Waals surface area contributed by atoms with Crippen LogP contribution in [0.4, 0.5) is 4.79 Å². The molecule has 0 spiro atoms. The Labute approximate surface area is 118 Å². The van der Waals surface area contributed by atoms with Crippen LogP contribution < -0.4 is 0 Å². The first kappa shape index (κ1) is 12.7. The summed E-state index contributed by atoms with van der Waals surface area (Å²) in [5.41, 5.74) is 1.14. The summed E-state index contributed by atoms with van der Waals surface area (Å²) in [6.45, 7) is 2.83. The molecule has 0 saturated carbocycles. The van der Waals surface area contributed by atoms with E-state index in [2.05, 4.69) is 30.3 Å². The Hall–Kier alpha value is -2.29. The normalized spacial score (nSPS) is 17.6. The van der Waals surface area contributed by atoms with Crippen LogP contribution in [-0.2, 0) is 4.74 Å². The van der Waals surface area contributed by atoms with Gasteiger partial charge in [0, 0.05) is 6.54 Å². The van der Waals surface area contributed by atoms with Crippen molar-refractivity contribution in [2.75, 3.05) is 13.2 Å². The van der Waals surface area contributed by atoms with Crippen molar-refractivity contribution in [1.29, 1.82) is 0 Å². The Kier molecular flexibility index (Phi) is 3.42. The maximum absolute atomic E-state index is 12.0. The van der Waals surface area contributed by atoms with E-state index in [0.29, 0.717) is 13.2 Å². The predicted octanol–water partition coefficient (Wildman–Crippen LogP) is 3.91.